The van der Waals surface area contributed by atoms with Crippen LogP contribution in [0.4, 0.5) is 5.69 Å². The molecular weight excluding hydrogens is 460 g/mol. The fourth-order valence-corrected chi connectivity index (χ4v) is 3.16. The number of phenols is 1. The first-order chi connectivity index (χ1) is 15.0. The van der Waals surface area contributed by atoms with E-state index in [1.54, 1.807) is 24.3 Å². The van der Waals surface area contributed by atoms with Crippen LogP contribution in [0.1, 0.15) is 11.1 Å². The molecule has 2 N–H and O–H groups in total. The highest BCUT2D eigenvalue weighted by molar-refractivity contribution is 9.10. The standard InChI is InChI=1S/C24H19BrN2O4/c1-30-23-12-17(21(25)13-22(23)28)11-18(14-26)24(29)27-19-7-9-20(10-8-19)31-15-16-5-3-2-4-6-16/h2-13,28H,15H2,1H3,(H,27,29)/b18-11+. The van der Waals surface area contributed by atoms with Crippen molar-refractivity contribution < 1.29 is 19.4 Å². The average Bonchev–Trinajstić information content (AvgIpc) is 2.78. The molecule has 0 heterocycles. The Balaban J connectivity index is 1.68. The summed E-state index contributed by atoms with van der Waals surface area (Å²) in [4.78, 5) is 12.5. The molecule has 0 spiro atoms. The summed E-state index contributed by atoms with van der Waals surface area (Å²) in [6, 6.07) is 21.6. The second-order valence-corrected chi connectivity index (χ2v) is 7.32. The minimum atomic E-state index is -0.556. The number of rotatable bonds is 7. The number of carbonyl (C=O) groups excluding carboxylic acids is 1. The van der Waals surface area contributed by atoms with Gasteiger partial charge in [0.15, 0.2) is 11.5 Å². The molecule has 156 valence electrons. The molecule has 3 aromatic carbocycles. The highest BCUT2D eigenvalue weighted by Crippen LogP contribution is 2.33. The molecule has 0 atom stereocenters. The van der Waals surface area contributed by atoms with E-state index in [4.69, 9.17) is 9.47 Å². The Kier molecular flexibility index (Phi) is 7.31. The zero-order valence-electron chi connectivity index (χ0n) is 16.6. The Morgan fingerprint density at radius 1 is 1.16 bits per heavy atom. The first kappa shape index (κ1) is 21.9. The second-order valence-electron chi connectivity index (χ2n) is 6.47. The maximum atomic E-state index is 12.5. The van der Waals surface area contributed by atoms with E-state index in [0.717, 1.165) is 5.56 Å². The molecule has 0 aliphatic carbocycles. The third-order valence-electron chi connectivity index (χ3n) is 4.32. The molecule has 3 aromatic rings. The molecule has 0 aromatic heterocycles. The van der Waals surface area contributed by atoms with Crippen LogP contribution >= 0.6 is 15.9 Å². The third-order valence-corrected chi connectivity index (χ3v) is 5.01. The van der Waals surface area contributed by atoms with Gasteiger partial charge in [0.2, 0.25) is 0 Å². The van der Waals surface area contributed by atoms with Crippen molar-refractivity contribution in [3.63, 3.8) is 0 Å². The van der Waals surface area contributed by atoms with Gasteiger partial charge in [0.25, 0.3) is 5.91 Å². The zero-order chi connectivity index (χ0) is 22.2. The van der Waals surface area contributed by atoms with Crippen molar-refractivity contribution in [3.8, 4) is 23.3 Å². The number of nitrogens with one attached hydrogen (secondary N) is 1. The molecule has 0 saturated carbocycles. The molecule has 0 aliphatic rings. The van der Waals surface area contributed by atoms with Crippen molar-refractivity contribution in [2.24, 2.45) is 0 Å². The molecule has 0 radical (unpaired) electrons. The molecule has 6 nitrogen and oxygen atoms in total. The van der Waals surface area contributed by atoms with Crippen molar-refractivity contribution in [1.29, 1.82) is 5.26 Å². The van der Waals surface area contributed by atoms with Crippen LogP contribution in [0.25, 0.3) is 6.08 Å². The Labute approximate surface area is 188 Å². The van der Waals surface area contributed by atoms with Crippen molar-refractivity contribution in [2.75, 3.05) is 12.4 Å². The van der Waals surface area contributed by atoms with Crippen LogP contribution in [-0.4, -0.2) is 18.1 Å². The van der Waals surface area contributed by atoms with Gasteiger partial charge >= 0.3 is 0 Å². The molecule has 31 heavy (non-hydrogen) atoms. The number of anilines is 1. The van der Waals surface area contributed by atoms with E-state index in [0.29, 0.717) is 28.1 Å². The lowest BCUT2D eigenvalue weighted by molar-refractivity contribution is -0.112. The van der Waals surface area contributed by atoms with Crippen LogP contribution in [0.3, 0.4) is 0 Å². The number of nitriles is 1. The van der Waals surface area contributed by atoms with Gasteiger partial charge in [-0.1, -0.05) is 46.3 Å². The topological polar surface area (TPSA) is 91.6 Å². The van der Waals surface area contributed by atoms with Crippen LogP contribution in [-0.2, 0) is 11.4 Å². The molecule has 7 heteroatoms. The largest absolute Gasteiger partial charge is 0.504 e. The Morgan fingerprint density at radius 3 is 2.52 bits per heavy atom. The summed E-state index contributed by atoms with van der Waals surface area (Å²) in [6.45, 7) is 0.443. The fraction of sp³-hybridized carbons (Fsp3) is 0.0833. The fourth-order valence-electron chi connectivity index (χ4n) is 2.71. The second kappa shape index (κ2) is 10.3. The number of methoxy groups -OCH3 is 1. The average molecular weight is 479 g/mol. The molecule has 0 aliphatic heterocycles. The van der Waals surface area contributed by atoms with Gasteiger partial charge in [-0.25, -0.2) is 0 Å². The molecule has 3 rings (SSSR count). The van der Waals surface area contributed by atoms with Crippen LogP contribution in [0.2, 0.25) is 0 Å². The minimum absolute atomic E-state index is 0.0518. The maximum Gasteiger partial charge on any atom is 0.266 e. The van der Waals surface area contributed by atoms with E-state index in [1.165, 1.54) is 25.3 Å². The number of halogens is 1. The van der Waals surface area contributed by atoms with Gasteiger partial charge in [0, 0.05) is 10.2 Å². The van der Waals surface area contributed by atoms with Gasteiger partial charge in [0.05, 0.1) is 7.11 Å². The molecular formula is C24H19BrN2O4. The Hall–Kier alpha value is -3.76. The predicted molar refractivity (Wildman–Crippen MR) is 122 cm³/mol. The van der Waals surface area contributed by atoms with Crippen LogP contribution in [0, 0.1) is 11.3 Å². The SMILES string of the molecule is COc1cc(/C=C(\C#N)C(=O)Nc2ccc(OCc3ccccc3)cc2)c(Br)cc1O. The minimum Gasteiger partial charge on any atom is -0.504 e. The van der Waals surface area contributed by atoms with Crippen LogP contribution in [0.15, 0.2) is 76.8 Å². The number of carbonyl (C=O) groups is 1. The number of aromatic hydroxyl groups is 1. The number of phenolic OH excluding ortho intramolecular Hbond substituents is 1. The molecule has 0 bridgehead atoms. The lowest BCUT2D eigenvalue weighted by atomic mass is 10.1. The van der Waals surface area contributed by atoms with Gasteiger partial charge in [-0.05, 0) is 53.6 Å². The van der Waals surface area contributed by atoms with E-state index in [9.17, 15) is 15.2 Å². The third kappa shape index (κ3) is 5.87. The molecule has 0 unspecified atom stereocenters. The zero-order valence-corrected chi connectivity index (χ0v) is 18.2. The van der Waals surface area contributed by atoms with Gasteiger partial charge in [-0.3, -0.25) is 4.79 Å². The summed E-state index contributed by atoms with van der Waals surface area (Å²) >= 11 is 3.31. The normalized spacial score (nSPS) is 10.8. The van der Waals surface area contributed by atoms with E-state index >= 15 is 0 Å². The Bertz CT molecular complexity index is 1140. The first-order valence-corrected chi connectivity index (χ1v) is 10.1. The monoisotopic (exact) mass is 478 g/mol. The van der Waals surface area contributed by atoms with E-state index in [1.807, 2.05) is 36.4 Å². The molecule has 0 fully saturated rings. The highest BCUT2D eigenvalue weighted by Gasteiger charge is 2.13. The lowest BCUT2D eigenvalue weighted by Gasteiger charge is -2.09. The first-order valence-electron chi connectivity index (χ1n) is 9.26. The van der Waals surface area contributed by atoms with Gasteiger partial charge < -0.3 is 19.9 Å². The number of nitrogens with zero attached hydrogens (tertiary/aromatic N) is 1. The summed E-state index contributed by atoms with van der Waals surface area (Å²) < 4.78 is 11.3. The number of amides is 1. The quantitative estimate of drug-likeness (QED) is 0.355. The van der Waals surface area contributed by atoms with Gasteiger partial charge in [-0.15, -0.1) is 0 Å². The van der Waals surface area contributed by atoms with E-state index < -0.39 is 5.91 Å². The van der Waals surface area contributed by atoms with Crippen molar-refractivity contribution in [3.05, 3.63) is 87.9 Å². The smallest absolute Gasteiger partial charge is 0.266 e. The summed E-state index contributed by atoms with van der Waals surface area (Å²) in [6.07, 6.45) is 1.42. The summed E-state index contributed by atoms with van der Waals surface area (Å²) in [7, 11) is 1.42. The van der Waals surface area contributed by atoms with Crippen molar-refractivity contribution in [2.45, 2.75) is 6.61 Å². The highest BCUT2D eigenvalue weighted by atomic mass is 79.9. The molecule has 1 amide bonds. The van der Waals surface area contributed by atoms with Gasteiger partial charge in [0.1, 0.15) is 24.0 Å². The van der Waals surface area contributed by atoms with Crippen molar-refractivity contribution in [1.82, 2.24) is 0 Å². The Morgan fingerprint density at radius 2 is 1.87 bits per heavy atom. The number of hydrogen-bond donors (Lipinski definition) is 2. The summed E-state index contributed by atoms with van der Waals surface area (Å²) in [5.74, 6) is 0.291. The van der Waals surface area contributed by atoms with Crippen molar-refractivity contribution >= 4 is 33.6 Å². The summed E-state index contributed by atoms with van der Waals surface area (Å²) in [5.41, 5.74) is 2.00. The number of ether oxygens (including phenoxy) is 2. The lowest BCUT2D eigenvalue weighted by Crippen LogP contribution is -2.13. The van der Waals surface area contributed by atoms with Crippen LogP contribution in [0.5, 0.6) is 17.2 Å². The van der Waals surface area contributed by atoms with Crippen LogP contribution < -0.4 is 14.8 Å². The van der Waals surface area contributed by atoms with Gasteiger partial charge in [-0.2, -0.15) is 5.26 Å². The number of hydrogen-bond acceptors (Lipinski definition) is 5. The van der Waals surface area contributed by atoms with E-state index in [-0.39, 0.29) is 17.1 Å². The molecule has 0 saturated heterocycles. The number of benzene rings is 3. The summed E-state index contributed by atoms with van der Waals surface area (Å²) in [5, 5.41) is 21.9. The predicted octanol–water partition coefficient (Wildman–Crippen LogP) is 5.29. The maximum absolute atomic E-state index is 12.5. The van der Waals surface area contributed by atoms with E-state index in [2.05, 4.69) is 21.2 Å².